The van der Waals surface area contributed by atoms with Crippen LogP contribution in [0.1, 0.15) is 25.8 Å². The quantitative estimate of drug-likeness (QED) is 0.558. The summed E-state index contributed by atoms with van der Waals surface area (Å²) in [5, 5.41) is 9.56. The van der Waals surface area contributed by atoms with E-state index in [4.69, 9.17) is 5.73 Å². The van der Waals surface area contributed by atoms with E-state index in [0.29, 0.717) is 5.56 Å². The SMILES string of the molecule is CC(C)CC(N)C(=O)N(C(Cc1ccccc1)C(=O)O)S(=O)(=O)CC=O. The summed E-state index contributed by atoms with van der Waals surface area (Å²) < 4.78 is 25.2. The van der Waals surface area contributed by atoms with Gasteiger partial charge in [-0.15, -0.1) is 0 Å². The van der Waals surface area contributed by atoms with Gasteiger partial charge in [0.05, 0.1) is 6.04 Å². The van der Waals surface area contributed by atoms with Crippen LogP contribution >= 0.6 is 0 Å². The number of nitrogens with two attached hydrogens (primary N) is 1. The van der Waals surface area contributed by atoms with Gasteiger partial charge in [0.15, 0.2) is 0 Å². The van der Waals surface area contributed by atoms with Crippen molar-refractivity contribution in [3.8, 4) is 0 Å². The molecule has 3 N–H and O–H groups in total. The average molecular weight is 384 g/mol. The molecule has 0 spiro atoms. The van der Waals surface area contributed by atoms with E-state index in [1.807, 2.05) is 0 Å². The van der Waals surface area contributed by atoms with Crippen molar-refractivity contribution in [3.05, 3.63) is 35.9 Å². The molecule has 0 fully saturated rings. The number of carboxylic acids is 1. The molecule has 0 aromatic heterocycles. The number of aldehydes is 1. The van der Waals surface area contributed by atoms with Crippen LogP contribution in [0.3, 0.4) is 0 Å². The third-order valence-electron chi connectivity index (χ3n) is 3.68. The average Bonchev–Trinajstić information content (AvgIpc) is 2.53. The van der Waals surface area contributed by atoms with Crippen LogP contribution in [0, 0.1) is 5.92 Å². The van der Waals surface area contributed by atoms with Gasteiger partial charge < -0.3 is 15.6 Å². The topological polar surface area (TPSA) is 135 Å². The minimum absolute atomic E-state index is 0.00183. The Balaban J connectivity index is 3.32. The molecule has 144 valence electrons. The predicted octanol–water partition coefficient (Wildman–Crippen LogP) is 0.413. The first-order chi connectivity index (χ1) is 12.1. The van der Waals surface area contributed by atoms with Gasteiger partial charge in [-0.2, -0.15) is 0 Å². The lowest BCUT2D eigenvalue weighted by atomic mass is 10.0. The number of amides is 1. The Morgan fingerprint density at radius 3 is 2.27 bits per heavy atom. The van der Waals surface area contributed by atoms with Crippen LogP contribution < -0.4 is 5.73 Å². The van der Waals surface area contributed by atoms with Crippen LogP contribution in [0.15, 0.2) is 30.3 Å². The molecule has 0 aliphatic carbocycles. The maximum atomic E-state index is 12.7. The molecule has 0 heterocycles. The summed E-state index contributed by atoms with van der Waals surface area (Å²) in [7, 11) is -4.46. The number of sulfonamides is 1. The molecule has 0 saturated heterocycles. The fourth-order valence-corrected chi connectivity index (χ4v) is 3.83. The van der Waals surface area contributed by atoms with Crippen molar-refractivity contribution in [2.75, 3.05) is 5.75 Å². The Hall–Kier alpha value is -2.26. The van der Waals surface area contributed by atoms with E-state index in [1.165, 1.54) is 0 Å². The van der Waals surface area contributed by atoms with E-state index in [2.05, 4.69) is 0 Å². The lowest BCUT2D eigenvalue weighted by Gasteiger charge is -2.30. The zero-order valence-corrected chi connectivity index (χ0v) is 15.6. The van der Waals surface area contributed by atoms with Gasteiger partial charge in [-0.1, -0.05) is 44.2 Å². The number of carbonyl (C=O) groups excluding carboxylic acids is 2. The minimum atomic E-state index is -4.46. The molecule has 2 unspecified atom stereocenters. The van der Waals surface area contributed by atoms with Crippen molar-refractivity contribution < 1.29 is 27.9 Å². The summed E-state index contributed by atoms with van der Waals surface area (Å²) in [6, 6.07) is 5.44. The molecule has 1 amide bonds. The molecule has 0 radical (unpaired) electrons. The van der Waals surface area contributed by atoms with Crippen LogP contribution in [0.5, 0.6) is 0 Å². The standard InChI is InChI=1S/C17H24N2O6S/c1-12(2)10-14(18)16(21)19(26(24,25)9-8-20)15(17(22)23)11-13-6-4-3-5-7-13/h3-8,12,14-15H,9-11,18H2,1-2H3,(H,22,23). The second-order valence-corrected chi connectivity index (χ2v) is 8.25. The summed E-state index contributed by atoms with van der Waals surface area (Å²) in [6.45, 7) is 3.60. The summed E-state index contributed by atoms with van der Waals surface area (Å²) in [6.07, 6.45) is 0.0724. The first-order valence-electron chi connectivity index (χ1n) is 8.12. The molecule has 1 aromatic carbocycles. The molecule has 0 aliphatic rings. The second kappa shape index (κ2) is 9.44. The van der Waals surface area contributed by atoms with E-state index in [1.54, 1.807) is 44.2 Å². The van der Waals surface area contributed by atoms with Crippen molar-refractivity contribution in [1.29, 1.82) is 0 Å². The normalized spacial score (nSPS) is 13.8. The zero-order valence-electron chi connectivity index (χ0n) is 14.7. The molecule has 8 nitrogen and oxygen atoms in total. The highest BCUT2D eigenvalue weighted by Crippen LogP contribution is 2.17. The Morgan fingerprint density at radius 1 is 1.23 bits per heavy atom. The Kier molecular flexibility index (Phi) is 7.91. The van der Waals surface area contributed by atoms with E-state index in [0.717, 1.165) is 0 Å². The summed E-state index contributed by atoms with van der Waals surface area (Å²) in [5.41, 5.74) is 6.34. The highest BCUT2D eigenvalue weighted by atomic mass is 32.2. The molecule has 1 rings (SSSR count). The predicted molar refractivity (Wildman–Crippen MR) is 95.7 cm³/mol. The third kappa shape index (κ3) is 5.92. The number of hydrogen-bond donors (Lipinski definition) is 2. The number of rotatable bonds is 10. The van der Waals surface area contributed by atoms with Crippen LogP contribution in [0.4, 0.5) is 0 Å². The molecule has 2 atom stereocenters. The first kappa shape index (κ1) is 21.8. The van der Waals surface area contributed by atoms with Gasteiger partial charge in [-0.25, -0.2) is 17.5 Å². The van der Waals surface area contributed by atoms with Crippen molar-refractivity contribution in [2.45, 2.75) is 38.8 Å². The van der Waals surface area contributed by atoms with Gasteiger partial charge in [0.2, 0.25) is 10.0 Å². The number of carbonyl (C=O) groups is 3. The molecular weight excluding hydrogens is 360 g/mol. The van der Waals surface area contributed by atoms with E-state index in [-0.39, 0.29) is 29.4 Å². The summed E-state index contributed by atoms with van der Waals surface area (Å²) in [4.78, 5) is 35.2. The van der Waals surface area contributed by atoms with E-state index in [9.17, 15) is 27.9 Å². The van der Waals surface area contributed by atoms with Gasteiger partial charge in [0, 0.05) is 6.42 Å². The van der Waals surface area contributed by atoms with Gasteiger partial charge in [0.1, 0.15) is 18.1 Å². The molecule has 9 heteroatoms. The minimum Gasteiger partial charge on any atom is -0.480 e. The molecule has 0 saturated carbocycles. The van der Waals surface area contributed by atoms with Crippen LogP contribution in [-0.4, -0.2) is 53.8 Å². The van der Waals surface area contributed by atoms with E-state index >= 15 is 0 Å². The number of carboxylic acid groups (broad SMARTS) is 1. The Labute approximate surface area is 153 Å². The Morgan fingerprint density at radius 2 is 1.81 bits per heavy atom. The molecular formula is C17H24N2O6S. The second-order valence-electron chi connectivity index (χ2n) is 6.36. The largest absolute Gasteiger partial charge is 0.480 e. The lowest BCUT2D eigenvalue weighted by molar-refractivity contribution is -0.146. The maximum Gasteiger partial charge on any atom is 0.327 e. The molecule has 0 bridgehead atoms. The summed E-state index contributed by atoms with van der Waals surface area (Å²) in [5.74, 6) is -3.51. The number of benzene rings is 1. The van der Waals surface area contributed by atoms with Gasteiger partial charge in [-0.05, 0) is 17.9 Å². The first-order valence-corrected chi connectivity index (χ1v) is 9.73. The number of nitrogens with zero attached hydrogens (tertiary/aromatic N) is 1. The monoisotopic (exact) mass is 384 g/mol. The molecule has 1 aromatic rings. The van der Waals surface area contributed by atoms with Crippen molar-refractivity contribution in [3.63, 3.8) is 0 Å². The van der Waals surface area contributed by atoms with Crippen molar-refractivity contribution in [1.82, 2.24) is 4.31 Å². The van der Waals surface area contributed by atoms with Crippen LogP contribution in [0.25, 0.3) is 0 Å². The van der Waals surface area contributed by atoms with Crippen molar-refractivity contribution in [2.24, 2.45) is 11.7 Å². The number of hydrogen-bond acceptors (Lipinski definition) is 6. The lowest BCUT2D eigenvalue weighted by Crippen LogP contribution is -2.55. The zero-order chi connectivity index (χ0) is 19.9. The maximum absolute atomic E-state index is 12.7. The fourth-order valence-electron chi connectivity index (χ4n) is 2.53. The van der Waals surface area contributed by atoms with Crippen LogP contribution in [-0.2, 0) is 30.8 Å². The Bertz CT molecular complexity index is 733. The highest BCUT2D eigenvalue weighted by molar-refractivity contribution is 7.90. The van der Waals surface area contributed by atoms with Crippen molar-refractivity contribution >= 4 is 28.2 Å². The van der Waals surface area contributed by atoms with Crippen LogP contribution in [0.2, 0.25) is 0 Å². The molecule has 26 heavy (non-hydrogen) atoms. The van der Waals surface area contributed by atoms with Gasteiger partial charge >= 0.3 is 5.97 Å². The van der Waals surface area contributed by atoms with Gasteiger partial charge in [-0.3, -0.25) is 4.79 Å². The summed E-state index contributed by atoms with van der Waals surface area (Å²) >= 11 is 0. The molecule has 0 aliphatic heterocycles. The smallest absolute Gasteiger partial charge is 0.327 e. The third-order valence-corrected chi connectivity index (χ3v) is 5.27. The fraction of sp³-hybridized carbons (Fsp3) is 0.471. The highest BCUT2D eigenvalue weighted by Gasteiger charge is 2.40. The van der Waals surface area contributed by atoms with E-state index < -0.39 is 39.7 Å². The number of aliphatic carboxylic acids is 1. The van der Waals surface area contributed by atoms with Gasteiger partial charge in [0.25, 0.3) is 5.91 Å².